The largest absolute Gasteiger partial charge is 0.322 e. The van der Waals surface area contributed by atoms with Crippen molar-refractivity contribution in [2.75, 3.05) is 25.0 Å². The number of rotatable bonds is 5. The van der Waals surface area contributed by atoms with Crippen molar-refractivity contribution in [3.63, 3.8) is 0 Å². The highest BCUT2D eigenvalue weighted by atomic mass is 19.1. The molecule has 7 heteroatoms. The SMILES string of the molecule is O=C(CN1CCCC1)Nc1cc2c(/C=C/c3ccc(F)cc3)n[nH]c2cc1F. The minimum absolute atomic E-state index is 0.134. The van der Waals surface area contributed by atoms with Crippen LogP contribution in [0.5, 0.6) is 0 Å². The second-order valence-corrected chi connectivity index (χ2v) is 6.90. The van der Waals surface area contributed by atoms with Crippen LogP contribution in [-0.2, 0) is 4.79 Å². The molecule has 0 bridgehead atoms. The van der Waals surface area contributed by atoms with Crippen molar-refractivity contribution in [1.29, 1.82) is 0 Å². The number of likely N-dealkylation sites (tertiary alicyclic amines) is 1. The Kier molecular flexibility index (Phi) is 5.16. The zero-order chi connectivity index (χ0) is 19.5. The molecule has 144 valence electrons. The van der Waals surface area contributed by atoms with Crippen LogP contribution in [0.15, 0.2) is 36.4 Å². The number of carbonyl (C=O) groups excluding carboxylic acids is 1. The standard InChI is InChI=1S/C21H20F2N4O/c22-15-6-3-14(4-7-15)5-8-18-16-11-20(17(23)12-19(16)26-25-18)24-21(28)13-27-9-1-2-10-27/h3-8,11-12H,1-2,9-10,13H2,(H,24,28)(H,25,26)/b8-5+. The van der Waals surface area contributed by atoms with Crippen LogP contribution in [0.4, 0.5) is 14.5 Å². The van der Waals surface area contributed by atoms with Gasteiger partial charge in [-0.1, -0.05) is 18.2 Å². The van der Waals surface area contributed by atoms with Gasteiger partial charge in [-0.05, 0) is 55.8 Å². The third-order valence-corrected chi connectivity index (χ3v) is 4.82. The molecule has 1 amide bonds. The summed E-state index contributed by atoms with van der Waals surface area (Å²) in [6.45, 7) is 2.06. The lowest BCUT2D eigenvalue weighted by Gasteiger charge is -2.14. The van der Waals surface area contributed by atoms with Gasteiger partial charge >= 0.3 is 0 Å². The average molecular weight is 382 g/mol. The number of hydrogen-bond donors (Lipinski definition) is 2. The number of halogens is 2. The molecule has 1 fully saturated rings. The maximum absolute atomic E-state index is 14.4. The number of H-pyrrole nitrogens is 1. The lowest BCUT2D eigenvalue weighted by Crippen LogP contribution is -2.31. The van der Waals surface area contributed by atoms with E-state index < -0.39 is 5.82 Å². The molecule has 5 nitrogen and oxygen atoms in total. The number of fused-ring (bicyclic) bond motifs is 1. The highest BCUT2D eigenvalue weighted by Crippen LogP contribution is 2.25. The summed E-state index contributed by atoms with van der Waals surface area (Å²) in [6.07, 6.45) is 5.74. The van der Waals surface area contributed by atoms with Gasteiger partial charge in [-0.2, -0.15) is 5.10 Å². The highest BCUT2D eigenvalue weighted by Gasteiger charge is 2.17. The van der Waals surface area contributed by atoms with Gasteiger partial charge in [0.15, 0.2) is 0 Å². The van der Waals surface area contributed by atoms with Crippen LogP contribution in [-0.4, -0.2) is 40.6 Å². The maximum atomic E-state index is 14.4. The zero-order valence-electron chi connectivity index (χ0n) is 15.2. The van der Waals surface area contributed by atoms with E-state index in [2.05, 4.69) is 20.4 Å². The Morgan fingerprint density at radius 2 is 1.89 bits per heavy atom. The van der Waals surface area contributed by atoms with Crippen LogP contribution >= 0.6 is 0 Å². The van der Waals surface area contributed by atoms with Crippen molar-refractivity contribution in [3.05, 3.63) is 59.3 Å². The van der Waals surface area contributed by atoms with Gasteiger partial charge in [0, 0.05) is 11.5 Å². The molecule has 1 aliphatic rings. The summed E-state index contributed by atoms with van der Waals surface area (Å²) in [5.74, 6) is -1.04. The zero-order valence-corrected chi connectivity index (χ0v) is 15.2. The Morgan fingerprint density at radius 3 is 2.64 bits per heavy atom. The number of amides is 1. The van der Waals surface area contributed by atoms with E-state index in [-0.39, 0.29) is 24.0 Å². The van der Waals surface area contributed by atoms with Gasteiger partial charge in [0.25, 0.3) is 0 Å². The molecule has 0 atom stereocenters. The molecule has 1 aliphatic heterocycles. The van der Waals surface area contributed by atoms with E-state index in [1.165, 1.54) is 18.2 Å². The fraction of sp³-hybridized carbons (Fsp3) is 0.238. The molecule has 0 radical (unpaired) electrons. The fourth-order valence-corrected chi connectivity index (χ4v) is 3.36. The summed E-state index contributed by atoms with van der Waals surface area (Å²) in [7, 11) is 0. The van der Waals surface area contributed by atoms with Crippen molar-refractivity contribution >= 4 is 34.6 Å². The Morgan fingerprint density at radius 1 is 1.14 bits per heavy atom. The predicted octanol–water partition coefficient (Wildman–Crippen LogP) is 4.05. The van der Waals surface area contributed by atoms with Crippen molar-refractivity contribution < 1.29 is 13.6 Å². The molecular weight excluding hydrogens is 362 g/mol. The van der Waals surface area contributed by atoms with Gasteiger partial charge in [-0.3, -0.25) is 14.8 Å². The quantitative estimate of drug-likeness (QED) is 0.700. The van der Waals surface area contributed by atoms with Crippen LogP contribution in [0.2, 0.25) is 0 Å². The first-order valence-corrected chi connectivity index (χ1v) is 9.22. The molecule has 2 N–H and O–H groups in total. The van der Waals surface area contributed by atoms with E-state index in [4.69, 9.17) is 0 Å². The molecule has 0 saturated carbocycles. The Balaban J connectivity index is 1.55. The second-order valence-electron chi connectivity index (χ2n) is 6.90. The summed E-state index contributed by atoms with van der Waals surface area (Å²) in [6, 6.07) is 8.98. The van der Waals surface area contributed by atoms with Crippen LogP contribution in [0.1, 0.15) is 24.1 Å². The third kappa shape index (κ3) is 4.09. The first-order valence-electron chi connectivity index (χ1n) is 9.22. The fourth-order valence-electron chi connectivity index (χ4n) is 3.36. The van der Waals surface area contributed by atoms with Crippen LogP contribution in [0.25, 0.3) is 23.1 Å². The van der Waals surface area contributed by atoms with E-state index in [1.807, 2.05) is 0 Å². The lowest BCUT2D eigenvalue weighted by molar-refractivity contribution is -0.117. The number of aromatic nitrogens is 2. The summed E-state index contributed by atoms with van der Waals surface area (Å²) >= 11 is 0. The van der Waals surface area contributed by atoms with Gasteiger partial charge in [-0.25, -0.2) is 8.78 Å². The van der Waals surface area contributed by atoms with E-state index in [9.17, 15) is 13.6 Å². The number of hydrogen-bond acceptors (Lipinski definition) is 3. The smallest absolute Gasteiger partial charge is 0.238 e. The molecule has 2 aromatic carbocycles. The topological polar surface area (TPSA) is 61.0 Å². The number of aromatic amines is 1. The van der Waals surface area contributed by atoms with Crippen LogP contribution in [0, 0.1) is 11.6 Å². The first-order chi connectivity index (χ1) is 13.6. The second kappa shape index (κ2) is 7.90. The number of nitrogens with one attached hydrogen (secondary N) is 2. The van der Waals surface area contributed by atoms with Gasteiger partial charge < -0.3 is 5.32 Å². The van der Waals surface area contributed by atoms with Gasteiger partial charge in [-0.15, -0.1) is 0 Å². The van der Waals surface area contributed by atoms with Crippen LogP contribution in [0.3, 0.4) is 0 Å². The van der Waals surface area contributed by atoms with Crippen molar-refractivity contribution in [1.82, 2.24) is 15.1 Å². The molecule has 4 rings (SSSR count). The summed E-state index contributed by atoms with van der Waals surface area (Å²) in [4.78, 5) is 14.3. The summed E-state index contributed by atoms with van der Waals surface area (Å²) in [5.41, 5.74) is 2.09. The average Bonchev–Trinajstić information content (AvgIpc) is 3.31. The number of benzene rings is 2. The van der Waals surface area contributed by atoms with Gasteiger partial charge in [0.2, 0.25) is 5.91 Å². The van der Waals surface area contributed by atoms with Crippen molar-refractivity contribution in [2.24, 2.45) is 0 Å². The first kappa shape index (κ1) is 18.3. The molecule has 0 unspecified atom stereocenters. The van der Waals surface area contributed by atoms with E-state index >= 15 is 0 Å². The van der Waals surface area contributed by atoms with E-state index in [0.717, 1.165) is 31.5 Å². The highest BCUT2D eigenvalue weighted by molar-refractivity contribution is 5.97. The summed E-state index contributed by atoms with van der Waals surface area (Å²) < 4.78 is 27.4. The van der Waals surface area contributed by atoms with Crippen molar-refractivity contribution in [2.45, 2.75) is 12.8 Å². The minimum atomic E-state index is -0.514. The Hall–Kier alpha value is -3.06. The molecule has 1 aromatic heterocycles. The molecule has 0 aliphatic carbocycles. The molecule has 28 heavy (non-hydrogen) atoms. The van der Waals surface area contributed by atoms with E-state index in [1.54, 1.807) is 30.4 Å². The number of carbonyl (C=O) groups is 1. The monoisotopic (exact) mass is 382 g/mol. The van der Waals surface area contributed by atoms with Crippen LogP contribution < -0.4 is 5.32 Å². The lowest BCUT2D eigenvalue weighted by atomic mass is 10.1. The molecule has 1 saturated heterocycles. The van der Waals surface area contributed by atoms with Gasteiger partial charge in [0.1, 0.15) is 11.6 Å². The minimum Gasteiger partial charge on any atom is -0.322 e. The normalized spacial score (nSPS) is 14.9. The molecule has 0 spiro atoms. The Labute approximate surface area is 161 Å². The molecular formula is C21H20F2N4O. The maximum Gasteiger partial charge on any atom is 0.238 e. The molecule has 2 heterocycles. The molecule has 3 aromatic rings. The third-order valence-electron chi connectivity index (χ3n) is 4.82. The van der Waals surface area contributed by atoms with Gasteiger partial charge in [0.05, 0.1) is 23.4 Å². The Bertz CT molecular complexity index is 1020. The predicted molar refractivity (Wildman–Crippen MR) is 106 cm³/mol. The number of anilines is 1. The number of nitrogens with zero attached hydrogens (tertiary/aromatic N) is 2. The van der Waals surface area contributed by atoms with E-state index in [0.29, 0.717) is 16.6 Å². The summed E-state index contributed by atoms with van der Waals surface area (Å²) in [5, 5.41) is 10.3. The van der Waals surface area contributed by atoms with Crippen molar-refractivity contribution in [3.8, 4) is 0 Å².